The fourth-order valence-electron chi connectivity index (χ4n) is 6.07. The van der Waals surface area contributed by atoms with E-state index in [9.17, 15) is 14.7 Å². The third-order valence-electron chi connectivity index (χ3n) is 8.14. The Hall–Kier alpha value is -4.59. The number of carbonyl (C=O) groups excluding carboxylic acids is 2. The molecule has 1 aliphatic carbocycles. The van der Waals surface area contributed by atoms with Crippen LogP contribution in [0.2, 0.25) is 0 Å². The predicted molar refractivity (Wildman–Crippen MR) is 163 cm³/mol. The second kappa shape index (κ2) is 13.2. The second-order valence-electron chi connectivity index (χ2n) is 10.8. The second-order valence-corrected chi connectivity index (χ2v) is 10.8. The van der Waals surface area contributed by atoms with E-state index in [1.165, 1.54) is 0 Å². The number of ketones is 1. The molecule has 3 unspecified atom stereocenters. The number of allylic oxidation sites excluding steroid dienone is 2. The number of Topliss-reactive ketones (excluding diaryl/α,β-unsaturated/α-hetero) is 1. The number of phenolic OH excluding ortho intramolecular Hbond substituents is 1. The topological polar surface area (TPSA) is 104 Å². The van der Waals surface area contributed by atoms with Crippen LogP contribution in [0.5, 0.6) is 23.0 Å². The van der Waals surface area contributed by atoms with Crippen LogP contribution in [0.1, 0.15) is 55.2 Å². The number of ether oxygens (including phenoxy) is 4. The minimum Gasteiger partial charge on any atom is -0.504 e. The standard InChI is InChI=1S/C35H37NO7/c1-5-42-30-20-24(11-13-27(30)37)33-32(35(39)43-16-15-22-9-7-6-8-10-22)21(2)36-26-17-25(18-28(38)34(26)33)23-12-14-29(40-3)31(19-23)41-4/h6-14,19-20,25,32-33,37H,5,15-18H2,1-4H3. The van der Waals surface area contributed by atoms with Gasteiger partial charge in [-0.25, -0.2) is 0 Å². The molecule has 3 atom stereocenters. The van der Waals surface area contributed by atoms with Crippen LogP contribution >= 0.6 is 0 Å². The number of phenols is 1. The molecule has 0 amide bonds. The largest absolute Gasteiger partial charge is 0.504 e. The molecule has 0 bridgehead atoms. The van der Waals surface area contributed by atoms with Gasteiger partial charge in [-0.2, -0.15) is 0 Å². The zero-order valence-electron chi connectivity index (χ0n) is 25.0. The summed E-state index contributed by atoms with van der Waals surface area (Å²) >= 11 is 0. The van der Waals surface area contributed by atoms with Crippen molar-refractivity contribution >= 4 is 17.5 Å². The average molecular weight is 584 g/mol. The number of hydrogen-bond donors (Lipinski definition) is 1. The molecular weight excluding hydrogens is 546 g/mol. The van der Waals surface area contributed by atoms with E-state index >= 15 is 0 Å². The number of carbonyl (C=O) groups is 2. The third kappa shape index (κ3) is 6.28. The van der Waals surface area contributed by atoms with Crippen molar-refractivity contribution in [3.05, 3.63) is 94.7 Å². The first-order valence-electron chi connectivity index (χ1n) is 14.5. The van der Waals surface area contributed by atoms with Crippen LogP contribution in [0, 0.1) is 5.92 Å². The van der Waals surface area contributed by atoms with Crippen molar-refractivity contribution in [1.82, 2.24) is 0 Å². The maximum Gasteiger partial charge on any atom is 0.315 e. The van der Waals surface area contributed by atoms with E-state index in [0.717, 1.165) is 11.1 Å². The number of methoxy groups -OCH3 is 2. The fraction of sp³-hybridized carbons (Fsp3) is 0.343. The van der Waals surface area contributed by atoms with Gasteiger partial charge in [-0.3, -0.25) is 14.6 Å². The lowest BCUT2D eigenvalue weighted by molar-refractivity contribution is -0.146. The molecule has 0 radical (unpaired) electrons. The Morgan fingerprint density at radius 2 is 1.65 bits per heavy atom. The minimum absolute atomic E-state index is 0.00789. The summed E-state index contributed by atoms with van der Waals surface area (Å²) in [6.07, 6.45) is 1.36. The number of rotatable bonds is 10. The Labute approximate surface area is 252 Å². The molecule has 2 aliphatic rings. The fourth-order valence-corrected chi connectivity index (χ4v) is 6.07. The van der Waals surface area contributed by atoms with Gasteiger partial charge in [0.1, 0.15) is 5.92 Å². The normalized spacial score (nSPS) is 19.8. The van der Waals surface area contributed by atoms with Crippen LogP contribution in [0.25, 0.3) is 0 Å². The molecule has 0 fully saturated rings. The molecule has 3 aromatic carbocycles. The summed E-state index contributed by atoms with van der Waals surface area (Å²) in [4.78, 5) is 32.6. The van der Waals surface area contributed by atoms with E-state index in [0.29, 0.717) is 59.2 Å². The molecule has 5 rings (SSSR count). The van der Waals surface area contributed by atoms with Crippen molar-refractivity contribution in [2.24, 2.45) is 10.9 Å². The molecule has 43 heavy (non-hydrogen) atoms. The summed E-state index contributed by atoms with van der Waals surface area (Å²) in [5.74, 6) is -0.548. The molecule has 0 aromatic heterocycles. The SMILES string of the molecule is CCOc1cc(C2C3=C(CC(c4ccc(OC)c(OC)c4)CC3=O)N=C(C)C2C(=O)OCCc2ccccc2)ccc1O. The van der Waals surface area contributed by atoms with Crippen molar-refractivity contribution in [2.75, 3.05) is 27.4 Å². The maximum atomic E-state index is 14.0. The highest BCUT2D eigenvalue weighted by Gasteiger charge is 2.45. The van der Waals surface area contributed by atoms with Crippen LogP contribution in [0.15, 0.2) is 83.0 Å². The van der Waals surface area contributed by atoms with Crippen LogP contribution < -0.4 is 14.2 Å². The molecule has 0 saturated heterocycles. The molecule has 8 nitrogen and oxygen atoms in total. The summed E-state index contributed by atoms with van der Waals surface area (Å²) in [6.45, 7) is 4.21. The smallest absolute Gasteiger partial charge is 0.315 e. The van der Waals surface area contributed by atoms with E-state index in [4.69, 9.17) is 23.9 Å². The minimum atomic E-state index is -0.796. The van der Waals surface area contributed by atoms with Gasteiger partial charge in [-0.15, -0.1) is 0 Å². The third-order valence-corrected chi connectivity index (χ3v) is 8.14. The van der Waals surface area contributed by atoms with Crippen molar-refractivity contribution < 1.29 is 33.6 Å². The Balaban J connectivity index is 1.50. The maximum absolute atomic E-state index is 14.0. The monoisotopic (exact) mass is 583 g/mol. The lowest BCUT2D eigenvalue weighted by Gasteiger charge is -2.36. The highest BCUT2D eigenvalue weighted by molar-refractivity contribution is 6.09. The van der Waals surface area contributed by atoms with Gasteiger partial charge in [-0.05, 0) is 67.1 Å². The van der Waals surface area contributed by atoms with Gasteiger partial charge in [-0.1, -0.05) is 42.5 Å². The molecule has 0 saturated carbocycles. The van der Waals surface area contributed by atoms with Gasteiger partial charge >= 0.3 is 5.97 Å². The molecule has 1 aliphatic heterocycles. The highest BCUT2D eigenvalue weighted by Crippen LogP contribution is 2.48. The first-order chi connectivity index (χ1) is 20.8. The number of nitrogens with zero attached hydrogens (tertiary/aromatic N) is 1. The number of hydrogen-bond acceptors (Lipinski definition) is 8. The average Bonchev–Trinajstić information content (AvgIpc) is 3.01. The van der Waals surface area contributed by atoms with Gasteiger partial charge in [0.05, 0.1) is 27.4 Å². The molecule has 3 aromatic rings. The molecular formula is C35H37NO7. The molecule has 1 N–H and O–H groups in total. The van der Waals surface area contributed by atoms with Crippen molar-refractivity contribution in [1.29, 1.82) is 0 Å². The number of aromatic hydroxyl groups is 1. The molecule has 0 spiro atoms. The van der Waals surface area contributed by atoms with Crippen LogP contribution in [-0.4, -0.2) is 50.0 Å². The van der Waals surface area contributed by atoms with E-state index in [1.807, 2.05) is 62.4 Å². The Bertz CT molecular complexity index is 1560. The summed E-state index contributed by atoms with van der Waals surface area (Å²) in [7, 11) is 3.17. The first kappa shape index (κ1) is 29.9. The van der Waals surface area contributed by atoms with Crippen molar-refractivity contribution in [2.45, 2.75) is 44.9 Å². The van der Waals surface area contributed by atoms with Gasteiger partial charge in [0.2, 0.25) is 0 Å². The molecule has 1 heterocycles. The van der Waals surface area contributed by atoms with Gasteiger partial charge in [0.25, 0.3) is 0 Å². The predicted octanol–water partition coefficient (Wildman–Crippen LogP) is 6.17. The van der Waals surface area contributed by atoms with Crippen molar-refractivity contribution in [3.63, 3.8) is 0 Å². The van der Waals surface area contributed by atoms with E-state index in [-0.39, 0.29) is 30.5 Å². The van der Waals surface area contributed by atoms with Crippen molar-refractivity contribution in [3.8, 4) is 23.0 Å². The number of esters is 1. The highest BCUT2D eigenvalue weighted by atomic mass is 16.5. The summed E-state index contributed by atoms with van der Waals surface area (Å²) in [5.41, 5.74) is 4.46. The Kier molecular flexibility index (Phi) is 9.14. The lowest BCUT2D eigenvalue weighted by atomic mass is 9.69. The Morgan fingerprint density at radius 1 is 0.930 bits per heavy atom. The van der Waals surface area contributed by atoms with E-state index in [2.05, 4.69) is 0 Å². The Morgan fingerprint density at radius 3 is 2.37 bits per heavy atom. The van der Waals surface area contributed by atoms with Crippen LogP contribution in [-0.2, 0) is 20.7 Å². The summed E-state index contributed by atoms with van der Waals surface area (Å²) < 4.78 is 22.4. The van der Waals surface area contributed by atoms with Crippen LogP contribution in [0.4, 0.5) is 0 Å². The quantitative estimate of drug-likeness (QED) is 0.285. The zero-order valence-corrected chi connectivity index (χ0v) is 25.0. The first-order valence-corrected chi connectivity index (χ1v) is 14.5. The van der Waals surface area contributed by atoms with E-state index in [1.54, 1.807) is 32.4 Å². The summed E-state index contributed by atoms with van der Waals surface area (Å²) in [5, 5.41) is 10.4. The van der Waals surface area contributed by atoms with Gasteiger partial charge < -0.3 is 24.1 Å². The lowest BCUT2D eigenvalue weighted by Crippen LogP contribution is -2.38. The van der Waals surface area contributed by atoms with Crippen LogP contribution in [0.3, 0.4) is 0 Å². The van der Waals surface area contributed by atoms with Gasteiger partial charge in [0, 0.05) is 35.7 Å². The van der Waals surface area contributed by atoms with Gasteiger partial charge in [0.15, 0.2) is 28.8 Å². The zero-order chi connectivity index (χ0) is 30.5. The van der Waals surface area contributed by atoms with E-state index < -0.39 is 17.8 Å². The summed E-state index contributed by atoms with van der Waals surface area (Å²) in [6, 6.07) is 20.5. The molecule has 224 valence electrons. The number of aliphatic imine (C=N–C) groups is 1. The molecule has 8 heteroatoms. The number of benzene rings is 3.